The van der Waals surface area contributed by atoms with Crippen LogP contribution in [0, 0.1) is 24.0 Å². The number of para-hydroxylation sites is 1. The Balaban J connectivity index is 1.38. The molecule has 4 aromatic rings. The number of benzene rings is 3. The summed E-state index contributed by atoms with van der Waals surface area (Å²) >= 11 is 1.47. The number of fused-ring (bicyclic) bond motifs is 1. The van der Waals surface area contributed by atoms with E-state index in [0.29, 0.717) is 18.7 Å². The van der Waals surface area contributed by atoms with Crippen LogP contribution in [0.15, 0.2) is 77.8 Å². The van der Waals surface area contributed by atoms with Crippen molar-refractivity contribution >= 4 is 45.9 Å². The number of thioether (sulfide) groups is 1. The first-order chi connectivity index (χ1) is 17.3. The van der Waals surface area contributed by atoms with Crippen LogP contribution in [0.5, 0.6) is 0 Å². The minimum atomic E-state index is -0.498. The van der Waals surface area contributed by atoms with E-state index >= 15 is 0 Å². The van der Waals surface area contributed by atoms with Crippen LogP contribution in [0.4, 0.5) is 11.4 Å². The second-order valence-corrected chi connectivity index (χ2v) is 9.44. The van der Waals surface area contributed by atoms with Crippen molar-refractivity contribution in [1.82, 2.24) is 9.88 Å². The Morgan fingerprint density at radius 2 is 1.78 bits per heavy atom. The highest BCUT2D eigenvalue weighted by Gasteiger charge is 2.13. The molecule has 0 fully saturated rings. The van der Waals surface area contributed by atoms with Gasteiger partial charge < -0.3 is 15.2 Å². The predicted molar refractivity (Wildman–Crippen MR) is 143 cm³/mol. The summed E-state index contributed by atoms with van der Waals surface area (Å²) in [6.45, 7) is 4.88. The number of nitro benzene ring substituents is 1. The average Bonchev–Trinajstić information content (AvgIpc) is 3.22. The molecule has 0 bridgehead atoms. The van der Waals surface area contributed by atoms with E-state index in [0.717, 1.165) is 32.6 Å². The zero-order chi connectivity index (χ0) is 25.7. The van der Waals surface area contributed by atoms with E-state index in [9.17, 15) is 19.7 Å². The van der Waals surface area contributed by atoms with Crippen molar-refractivity contribution in [3.05, 3.63) is 99.7 Å². The van der Waals surface area contributed by atoms with Gasteiger partial charge in [-0.3, -0.25) is 19.7 Å². The van der Waals surface area contributed by atoms with E-state index < -0.39 is 4.92 Å². The molecule has 2 amide bonds. The van der Waals surface area contributed by atoms with E-state index in [-0.39, 0.29) is 23.3 Å². The Morgan fingerprint density at radius 3 is 2.53 bits per heavy atom. The number of carbonyl (C=O) groups excluding carboxylic acids is 2. The minimum Gasteiger partial charge on any atom is -0.350 e. The van der Waals surface area contributed by atoms with Gasteiger partial charge in [0.15, 0.2) is 0 Å². The number of aryl methyl sites for hydroxylation is 2. The molecular weight excluding hydrogens is 476 g/mol. The summed E-state index contributed by atoms with van der Waals surface area (Å²) in [6.07, 6.45) is 2.00. The van der Waals surface area contributed by atoms with Crippen molar-refractivity contribution in [2.24, 2.45) is 0 Å². The number of non-ortho nitro benzene ring substituents is 1. The second kappa shape index (κ2) is 11.1. The summed E-state index contributed by atoms with van der Waals surface area (Å²) in [5.41, 5.74) is 4.26. The van der Waals surface area contributed by atoms with Gasteiger partial charge in [-0.1, -0.05) is 30.3 Å². The molecule has 1 aromatic heterocycles. The molecule has 0 saturated heterocycles. The molecule has 8 nitrogen and oxygen atoms in total. The Labute approximate surface area is 212 Å². The van der Waals surface area contributed by atoms with Gasteiger partial charge in [-0.25, -0.2) is 0 Å². The van der Waals surface area contributed by atoms with Crippen LogP contribution in [0.3, 0.4) is 0 Å². The van der Waals surface area contributed by atoms with Crippen molar-refractivity contribution in [1.29, 1.82) is 0 Å². The summed E-state index contributed by atoms with van der Waals surface area (Å²) in [6, 6.07) is 19.4. The number of anilines is 1. The highest BCUT2D eigenvalue weighted by Crippen LogP contribution is 2.30. The van der Waals surface area contributed by atoms with Crippen molar-refractivity contribution in [2.75, 3.05) is 17.6 Å². The van der Waals surface area contributed by atoms with Gasteiger partial charge in [0.05, 0.1) is 10.7 Å². The molecule has 0 spiro atoms. The summed E-state index contributed by atoms with van der Waals surface area (Å²) in [7, 11) is 0. The lowest BCUT2D eigenvalue weighted by molar-refractivity contribution is -0.384. The van der Waals surface area contributed by atoms with E-state index in [1.54, 1.807) is 0 Å². The van der Waals surface area contributed by atoms with Crippen LogP contribution in [0.2, 0.25) is 0 Å². The zero-order valence-corrected chi connectivity index (χ0v) is 20.8. The van der Waals surface area contributed by atoms with Crippen molar-refractivity contribution in [2.45, 2.75) is 25.3 Å². The maximum absolute atomic E-state index is 12.6. The first kappa shape index (κ1) is 25.0. The summed E-state index contributed by atoms with van der Waals surface area (Å²) in [4.78, 5) is 36.3. The molecule has 0 atom stereocenters. The van der Waals surface area contributed by atoms with E-state index in [2.05, 4.69) is 15.2 Å². The van der Waals surface area contributed by atoms with E-state index in [1.807, 2.05) is 62.5 Å². The number of hydrogen-bond donors (Lipinski definition) is 2. The predicted octanol–water partition coefficient (Wildman–Crippen LogP) is 5.33. The number of carbonyl (C=O) groups is 2. The van der Waals surface area contributed by atoms with Gasteiger partial charge in [-0.15, -0.1) is 11.8 Å². The van der Waals surface area contributed by atoms with E-state index in [4.69, 9.17) is 0 Å². The molecule has 0 aliphatic heterocycles. The number of hydrogen-bond acceptors (Lipinski definition) is 5. The maximum Gasteiger partial charge on any atom is 0.269 e. The quantitative estimate of drug-likeness (QED) is 0.183. The lowest BCUT2D eigenvalue weighted by Crippen LogP contribution is -2.27. The topological polar surface area (TPSA) is 106 Å². The molecule has 0 aliphatic rings. The van der Waals surface area contributed by atoms with Gasteiger partial charge >= 0.3 is 0 Å². The SMILES string of the molecule is Cc1ccc(C)c(NC(=O)CSc2cn(CCNC(=O)c3ccc([N+](=O)[O-])cc3)c3ccccc23)c1. The molecule has 1 heterocycles. The van der Waals surface area contributed by atoms with Gasteiger partial charge in [0.1, 0.15) is 0 Å². The number of nitrogens with zero attached hydrogens (tertiary/aromatic N) is 2. The molecule has 0 aliphatic carbocycles. The van der Waals surface area contributed by atoms with Crippen LogP contribution in [-0.2, 0) is 11.3 Å². The third-order valence-corrected chi connectivity index (χ3v) is 6.80. The normalized spacial score (nSPS) is 10.8. The highest BCUT2D eigenvalue weighted by molar-refractivity contribution is 8.00. The number of nitro groups is 1. The molecule has 9 heteroatoms. The lowest BCUT2D eigenvalue weighted by atomic mass is 10.1. The average molecular weight is 503 g/mol. The first-order valence-corrected chi connectivity index (χ1v) is 12.4. The van der Waals surface area contributed by atoms with Crippen LogP contribution >= 0.6 is 11.8 Å². The number of aromatic nitrogens is 1. The fourth-order valence-electron chi connectivity index (χ4n) is 3.84. The summed E-state index contributed by atoms with van der Waals surface area (Å²) in [5, 5.41) is 17.7. The van der Waals surface area contributed by atoms with Crippen molar-refractivity contribution in [3.63, 3.8) is 0 Å². The molecule has 0 unspecified atom stereocenters. The highest BCUT2D eigenvalue weighted by atomic mass is 32.2. The second-order valence-electron chi connectivity index (χ2n) is 8.42. The first-order valence-electron chi connectivity index (χ1n) is 11.4. The molecule has 3 aromatic carbocycles. The third-order valence-electron chi connectivity index (χ3n) is 5.76. The number of amides is 2. The fraction of sp³-hybridized carbons (Fsp3) is 0.185. The molecule has 4 rings (SSSR count). The third kappa shape index (κ3) is 5.92. The molecular formula is C27H26N4O4S. The van der Waals surface area contributed by atoms with Gasteiger partial charge in [-0.05, 0) is 49.2 Å². The van der Waals surface area contributed by atoms with Crippen molar-refractivity contribution < 1.29 is 14.5 Å². The lowest BCUT2D eigenvalue weighted by Gasteiger charge is -2.09. The van der Waals surface area contributed by atoms with Crippen molar-refractivity contribution in [3.8, 4) is 0 Å². The minimum absolute atomic E-state index is 0.0573. The van der Waals surface area contributed by atoms with Crippen LogP contribution < -0.4 is 10.6 Å². The Kier molecular flexibility index (Phi) is 7.70. The summed E-state index contributed by atoms with van der Waals surface area (Å²) < 4.78 is 2.05. The van der Waals surface area contributed by atoms with E-state index in [1.165, 1.54) is 36.0 Å². The summed E-state index contributed by atoms with van der Waals surface area (Å²) in [5.74, 6) is -0.0851. The van der Waals surface area contributed by atoms with Crippen LogP contribution in [0.1, 0.15) is 21.5 Å². The number of rotatable bonds is 9. The van der Waals surface area contributed by atoms with Gasteiger partial charge in [0.25, 0.3) is 11.6 Å². The smallest absolute Gasteiger partial charge is 0.269 e. The van der Waals surface area contributed by atoms with Crippen LogP contribution in [0.25, 0.3) is 10.9 Å². The molecule has 2 N–H and O–H groups in total. The van der Waals surface area contributed by atoms with Crippen LogP contribution in [-0.4, -0.2) is 33.6 Å². The molecule has 0 saturated carbocycles. The standard InChI is InChI=1S/C27H26N4O4S/c1-18-7-8-19(2)23(15-18)29-26(32)17-36-25-16-30(24-6-4-3-5-22(24)25)14-13-28-27(33)20-9-11-21(12-10-20)31(34)35/h3-12,15-16H,13-14,17H2,1-2H3,(H,28,33)(H,29,32). The molecule has 36 heavy (non-hydrogen) atoms. The Bertz CT molecular complexity index is 1430. The Morgan fingerprint density at radius 1 is 1.03 bits per heavy atom. The fourth-order valence-corrected chi connectivity index (χ4v) is 4.73. The monoisotopic (exact) mass is 502 g/mol. The molecule has 184 valence electrons. The van der Waals surface area contributed by atoms with Gasteiger partial charge in [0, 0.05) is 58.5 Å². The zero-order valence-electron chi connectivity index (χ0n) is 20.0. The van der Waals surface area contributed by atoms with Gasteiger partial charge in [0.2, 0.25) is 5.91 Å². The molecule has 0 radical (unpaired) electrons. The Hall–Kier alpha value is -4.11. The maximum atomic E-state index is 12.6. The largest absolute Gasteiger partial charge is 0.350 e. The number of nitrogens with one attached hydrogen (secondary N) is 2. The van der Waals surface area contributed by atoms with Gasteiger partial charge in [-0.2, -0.15) is 0 Å².